The largest absolute Gasteiger partial charge is 0.466 e. The van der Waals surface area contributed by atoms with E-state index < -0.39 is 7.82 Å². The van der Waals surface area contributed by atoms with Gasteiger partial charge in [0, 0.05) is 13.8 Å². The van der Waals surface area contributed by atoms with Crippen LogP contribution in [0.15, 0.2) is 0 Å². The Hall–Kier alpha value is 0.216. The Morgan fingerprint density at radius 2 is 1.08 bits per heavy atom. The number of Topliss-reactive ketones (excluding diaryl/α,β-unsaturated/α-hetero) is 2. The zero-order valence-electron chi connectivity index (χ0n) is 6.01. The lowest BCUT2D eigenvalue weighted by Crippen LogP contribution is -2.01. The molecule has 0 saturated carbocycles. The van der Waals surface area contributed by atoms with Crippen LogP contribution in [0.3, 0.4) is 0 Å². The van der Waals surface area contributed by atoms with E-state index in [4.69, 9.17) is 19.2 Å². The van der Waals surface area contributed by atoms with Gasteiger partial charge in [-0.2, -0.15) is 0 Å². The fourth-order valence-electron chi connectivity index (χ4n) is 0. The Labute approximate surface area is 85.4 Å². The number of ketones is 2. The van der Waals surface area contributed by atoms with Gasteiger partial charge in [-0.1, -0.05) is 0 Å². The Morgan fingerprint density at radius 3 is 1.08 bits per heavy atom. The van der Waals surface area contributed by atoms with Crippen LogP contribution in [0.2, 0.25) is 0 Å². The van der Waals surface area contributed by atoms with Gasteiger partial charge in [0.15, 0.2) is 11.6 Å². The predicted octanol–water partition coefficient (Wildman–Crippen LogP) is -1.68. The second kappa shape index (κ2) is 7.84. The minimum absolute atomic E-state index is 0. The van der Waals surface area contributed by atoms with Crippen molar-refractivity contribution in [2.75, 3.05) is 0 Å². The number of phosphoric acid groups is 1. The van der Waals surface area contributed by atoms with Crippen molar-refractivity contribution in [3.63, 3.8) is 0 Å². The van der Waals surface area contributed by atoms with E-state index >= 15 is 0 Å². The van der Waals surface area contributed by atoms with Gasteiger partial charge in [-0.15, -0.1) is 0 Å². The molecule has 0 aliphatic rings. The normalized spacial score (nSPS) is 8.75. The van der Waals surface area contributed by atoms with E-state index in [-0.39, 0.29) is 34.6 Å². The number of hydrogen-bond donors (Lipinski definition) is 3. The van der Waals surface area contributed by atoms with E-state index in [0.717, 1.165) is 0 Å². The SMILES string of the molecule is CC(=O)C(C)=O.O=P(O)(O)O.[MgH2]. The molecule has 0 fully saturated rings. The van der Waals surface area contributed by atoms with Gasteiger partial charge in [-0.25, -0.2) is 4.57 Å². The molecule has 0 aromatic carbocycles. The molecule has 0 heterocycles. The summed E-state index contributed by atoms with van der Waals surface area (Å²) in [6.07, 6.45) is 0. The van der Waals surface area contributed by atoms with E-state index in [2.05, 4.69) is 0 Å². The van der Waals surface area contributed by atoms with Crippen molar-refractivity contribution in [3.05, 3.63) is 0 Å². The minimum atomic E-state index is -4.64. The summed E-state index contributed by atoms with van der Waals surface area (Å²) in [6, 6.07) is 0. The fourth-order valence-corrected chi connectivity index (χ4v) is 0. The molecule has 8 heteroatoms. The molecule has 0 atom stereocenters. The van der Waals surface area contributed by atoms with Crippen molar-refractivity contribution in [1.29, 1.82) is 0 Å². The molecule has 3 N–H and O–H groups in total. The molecule has 0 amide bonds. The maximum Gasteiger partial charge on any atom is 0.466 e. The van der Waals surface area contributed by atoms with Crippen LogP contribution in [0.4, 0.5) is 0 Å². The van der Waals surface area contributed by atoms with Crippen LogP contribution in [0.25, 0.3) is 0 Å². The molecule has 70 valence electrons. The summed E-state index contributed by atoms with van der Waals surface area (Å²) in [6.45, 7) is 2.50. The Kier molecular flexibility index (Phi) is 11.8. The zero-order valence-corrected chi connectivity index (χ0v) is 6.91. The summed E-state index contributed by atoms with van der Waals surface area (Å²) >= 11 is 0. The van der Waals surface area contributed by atoms with Gasteiger partial charge in [0.2, 0.25) is 0 Å². The number of carbonyl (C=O) groups excluding carboxylic acids is 2. The molecule has 0 radical (unpaired) electrons. The first kappa shape index (κ1) is 18.1. The minimum Gasteiger partial charge on any atom is -0.303 e. The second-order valence-electron chi connectivity index (χ2n) is 1.63. The first-order chi connectivity index (χ1) is 4.64. The van der Waals surface area contributed by atoms with Crippen molar-refractivity contribution < 1.29 is 28.8 Å². The Morgan fingerprint density at radius 1 is 1.00 bits per heavy atom. The molecular weight excluding hydrogens is 199 g/mol. The number of rotatable bonds is 1. The van der Waals surface area contributed by atoms with Gasteiger partial charge in [-0.05, 0) is 0 Å². The van der Waals surface area contributed by atoms with E-state index in [0.29, 0.717) is 0 Å². The van der Waals surface area contributed by atoms with E-state index in [9.17, 15) is 9.59 Å². The summed E-state index contributed by atoms with van der Waals surface area (Å²) < 4.78 is 8.88. The third-order valence-electron chi connectivity index (χ3n) is 0.496. The lowest BCUT2D eigenvalue weighted by molar-refractivity contribution is -0.134. The van der Waals surface area contributed by atoms with Crippen LogP contribution in [-0.4, -0.2) is 49.3 Å². The first-order valence-electron chi connectivity index (χ1n) is 2.44. The van der Waals surface area contributed by atoms with Crippen molar-refractivity contribution in [2.45, 2.75) is 13.8 Å². The zero-order chi connectivity index (χ0) is 9.65. The summed E-state index contributed by atoms with van der Waals surface area (Å²) in [4.78, 5) is 41.2. The highest BCUT2D eigenvalue weighted by atomic mass is 31.2. The van der Waals surface area contributed by atoms with Crippen molar-refractivity contribution in [3.8, 4) is 0 Å². The topological polar surface area (TPSA) is 112 Å². The maximum absolute atomic E-state index is 9.79. The molecular formula is C4H11MgO6P. The molecule has 0 aromatic heterocycles. The van der Waals surface area contributed by atoms with Crippen LogP contribution in [-0.2, 0) is 14.2 Å². The highest BCUT2D eigenvalue weighted by molar-refractivity contribution is 7.45. The van der Waals surface area contributed by atoms with Gasteiger partial charge in [0.1, 0.15) is 0 Å². The highest BCUT2D eigenvalue weighted by Crippen LogP contribution is 2.25. The molecule has 0 bridgehead atoms. The highest BCUT2D eigenvalue weighted by Gasteiger charge is 2.00. The Balaban J connectivity index is -0.000000126. The van der Waals surface area contributed by atoms with Crippen LogP contribution in [0.5, 0.6) is 0 Å². The predicted molar refractivity (Wildman–Crippen MR) is 44.2 cm³/mol. The quantitative estimate of drug-likeness (QED) is 0.271. The van der Waals surface area contributed by atoms with Crippen LogP contribution < -0.4 is 0 Å². The molecule has 0 aliphatic carbocycles. The van der Waals surface area contributed by atoms with Gasteiger partial charge >= 0.3 is 30.9 Å². The van der Waals surface area contributed by atoms with Crippen LogP contribution >= 0.6 is 7.82 Å². The van der Waals surface area contributed by atoms with Gasteiger partial charge in [0.25, 0.3) is 0 Å². The number of carbonyl (C=O) groups is 2. The third-order valence-corrected chi connectivity index (χ3v) is 0.496. The van der Waals surface area contributed by atoms with E-state index in [1.54, 1.807) is 0 Å². The van der Waals surface area contributed by atoms with Gasteiger partial charge in [-0.3, -0.25) is 9.59 Å². The molecule has 0 spiro atoms. The maximum atomic E-state index is 9.79. The lowest BCUT2D eigenvalue weighted by Gasteiger charge is -1.82. The average Bonchev–Trinajstić information content (AvgIpc) is 1.59. The smallest absolute Gasteiger partial charge is 0.303 e. The Bertz CT molecular complexity index is 175. The first-order valence-corrected chi connectivity index (χ1v) is 4.01. The van der Waals surface area contributed by atoms with Crippen molar-refractivity contribution in [2.24, 2.45) is 0 Å². The summed E-state index contributed by atoms with van der Waals surface area (Å²) in [5, 5.41) is 0. The summed E-state index contributed by atoms with van der Waals surface area (Å²) in [5.74, 6) is -0.759. The van der Waals surface area contributed by atoms with Crippen LogP contribution in [0, 0.1) is 0 Å². The molecule has 0 rings (SSSR count). The van der Waals surface area contributed by atoms with E-state index in [1.165, 1.54) is 13.8 Å². The lowest BCUT2D eigenvalue weighted by atomic mass is 10.3. The molecule has 0 unspecified atom stereocenters. The number of hydrogen-bond acceptors (Lipinski definition) is 3. The molecule has 12 heavy (non-hydrogen) atoms. The fraction of sp³-hybridized carbons (Fsp3) is 0.500. The summed E-state index contributed by atoms with van der Waals surface area (Å²) in [7, 11) is -4.64. The third kappa shape index (κ3) is 48.8. The average molecular weight is 210 g/mol. The molecule has 0 aromatic rings. The van der Waals surface area contributed by atoms with Crippen molar-refractivity contribution in [1.82, 2.24) is 0 Å². The van der Waals surface area contributed by atoms with Gasteiger partial charge < -0.3 is 14.7 Å². The van der Waals surface area contributed by atoms with Gasteiger partial charge in [0.05, 0.1) is 0 Å². The second-order valence-corrected chi connectivity index (χ2v) is 2.65. The molecule has 6 nitrogen and oxygen atoms in total. The summed E-state index contributed by atoms with van der Waals surface area (Å²) in [5.41, 5.74) is 0. The molecule has 0 aliphatic heterocycles. The standard InChI is InChI=1S/C4H6O2.Mg.H3O4P.2H/c1-3(5)4(2)6;;1-5(2,3)4;;/h1-2H3;;(H3,1,2,3,4);;. The van der Waals surface area contributed by atoms with Crippen molar-refractivity contribution >= 4 is 42.4 Å². The van der Waals surface area contributed by atoms with E-state index in [1.807, 2.05) is 0 Å². The monoisotopic (exact) mass is 210 g/mol. The molecule has 0 saturated heterocycles. The van der Waals surface area contributed by atoms with Crippen LogP contribution in [0.1, 0.15) is 13.8 Å².